The van der Waals surface area contributed by atoms with Gasteiger partial charge in [0.2, 0.25) is 5.91 Å². The largest absolute Gasteiger partial charge is 0.488 e. The summed E-state index contributed by atoms with van der Waals surface area (Å²) in [4.78, 5) is 20.7. The molecule has 0 radical (unpaired) electrons. The number of carbonyl (C=O) groups excluding carboxylic acids is 1. The Bertz CT molecular complexity index is 789. The molecule has 0 saturated carbocycles. The Morgan fingerprint density at radius 3 is 3.04 bits per heavy atom. The standard InChI is InChI=1S/C20H21N3O2/c24-20(14-4-2-1-3-5-14)23-12-17-11-16-10-15(6-7-19(16)25-17)18-13-21-8-9-22-18/h1-2,6-10,13-14,17H,3-5,11-12H2,(H,23,24). The molecular weight excluding hydrogens is 314 g/mol. The van der Waals surface area contributed by atoms with Crippen molar-refractivity contribution in [2.45, 2.75) is 31.8 Å². The first-order chi connectivity index (χ1) is 12.3. The molecule has 1 aromatic heterocycles. The van der Waals surface area contributed by atoms with Crippen LogP contribution in [0, 0.1) is 5.92 Å². The molecule has 1 aromatic carbocycles. The van der Waals surface area contributed by atoms with Gasteiger partial charge >= 0.3 is 0 Å². The maximum atomic E-state index is 12.3. The molecule has 25 heavy (non-hydrogen) atoms. The minimum Gasteiger partial charge on any atom is -0.488 e. The van der Waals surface area contributed by atoms with Crippen molar-refractivity contribution >= 4 is 5.91 Å². The Morgan fingerprint density at radius 1 is 1.28 bits per heavy atom. The van der Waals surface area contributed by atoms with Crippen LogP contribution in [-0.2, 0) is 11.2 Å². The number of amides is 1. The van der Waals surface area contributed by atoms with Crippen LogP contribution < -0.4 is 10.1 Å². The minimum absolute atomic E-state index is 0.00445. The van der Waals surface area contributed by atoms with E-state index >= 15 is 0 Å². The zero-order valence-electron chi connectivity index (χ0n) is 14.0. The monoisotopic (exact) mass is 335 g/mol. The quantitative estimate of drug-likeness (QED) is 0.873. The number of allylic oxidation sites excluding steroid dienone is 2. The molecule has 1 amide bonds. The molecule has 1 aliphatic carbocycles. The lowest BCUT2D eigenvalue weighted by atomic mass is 9.93. The summed E-state index contributed by atoms with van der Waals surface area (Å²) in [5, 5.41) is 3.06. The number of rotatable bonds is 4. The molecule has 1 N–H and O–H groups in total. The molecule has 0 saturated heterocycles. The first-order valence-corrected chi connectivity index (χ1v) is 8.78. The Balaban J connectivity index is 1.36. The number of nitrogens with one attached hydrogen (secondary N) is 1. The summed E-state index contributed by atoms with van der Waals surface area (Å²) in [6.07, 6.45) is 12.9. The molecule has 2 aromatic rings. The predicted molar refractivity (Wildman–Crippen MR) is 95.1 cm³/mol. The smallest absolute Gasteiger partial charge is 0.223 e. The lowest BCUT2D eigenvalue weighted by Crippen LogP contribution is -2.38. The molecule has 5 nitrogen and oxygen atoms in total. The summed E-state index contributed by atoms with van der Waals surface area (Å²) in [6, 6.07) is 6.08. The van der Waals surface area contributed by atoms with E-state index in [2.05, 4.69) is 33.5 Å². The Morgan fingerprint density at radius 2 is 2.24 bits per heavy atom. The van der Waals surface area contributed by atoms with Gasteiger partial charge in [0.25, 0.3) is 0 Å². The van der Waals surface area contributed by atoms with Crippen LogP contribution in [0.15, 0.2) is 48.9 Å². The fourth-order valence-electron chi connectivity index (χ4n) is 3.43. The van der Waals surface area contributed by atoms with Gasteiger partial charge in [0, 0.05) is 30.3 Å². The van der Waals surface area contributed by atoms with Gasteiger partial charge in [-0.05, 0) is 43.0 Å². The highest BCUT2D eigenvalue weighted by Crippen LogP contribution is 2.32. The van der Waals surface area contributed by atoms with Crippen LogP contribution in [0.3, 0.4) is 0 Å². The summed E-state index contributed by atoms with van der Waals surface area (Å²) in [5.74, 6) is 1.15. The van der Waals surface area contributed by atoms with E-state index in [0.29, 0.717) is 6.54 Å². The minimum atomic E-state index is -0.00445. The fraction of sp³-hybridized carbons (Fsp3) is 0.350. The summed E-state index contributed by atoms with van der Waals surface area (Å²) < 4.78 is 5.97. The van der Waals surface area contributed by atoms with Crippen LogP contribution in [0.1, 0.15) is 24.8 Å². The first-order valence-electron chi connectivity index (χ1n) is 8.78. The SMILES string of the molecule is O=C(NCC1Cc2cc(-c3cnccn3)ccc2O1)C1CC=CCC1. The van der Waals surface area contributed by atoms with Gasteiger partial charge in [-0.3, -0.25) is 14.8 Å². The van der Waals surface area contributed by atoms with Crippen molar-refractivity contribution in [3.05, 3.63) is 54.5 Å². The zero-order chi connectivity index (χ0) is 17.1. The van der Waals surface area contributed by atoms with Crippen molar-refractivity contribution in [3.8, 4) is 17.0 Å². The number of ether oxygens (including phenoxy) is 1. The highest BCUT2D eigenvalue weighted by molar-refractivity contribution is 5.79. The number of nitrogens with zero attached hydrogens (tertiary/aromatic N) is 2. The van der Waals surface area contributed by atoms with Crippen molar-refractivity contribution in [2.75, 3.05) is 6.54 Å². The molecule has 4 rings (SSSR count). The van der Waals surface area contributed by atoms with Crippen molar-refractivity contribution in [1.82, 2.24) is 15.3 Å². The average Bonchev–Trinajstić information content (AvgIpc) is 3.09. The summed E-state index contributed by atoms with van der Waals surface area (Å²) in [6.45, 7) is 0.550. The molecule has 2 aliphatic rings. The van der Waals surface area contributed by atoms with E-state index in [0.717, 1.165) is 48.3 Å². The number of fused-ring (bicyclic) bond motifs is 1. The van der Waals surface area contributed by atoms with Gasteiger partial charge in [0.05, 0.1) is 18.4 Å². The number of benzene rings is 1. The van der Waals surface area contributed by atoms with Crippen molar-refractivity contribution in [1.29, 1.82) is 0 Å². The van der Waals surface area contributed by atoms with Gasteiger partial charge in [-0.2, -0.15) is 0 Å². The second-order valence-electron chi connectivity index (χ2n) is 6.58. The maximum absolute atomic E-state index is 12.3. The molecular formula is C20H21N3O2. The molecule has 128 valence electrons. The molecule has 0 fully saturated rings. The lowest BCUT2D eigenvalue weighted by Gasteiger charge is -2.19. The van der Waals surface area contributed by atoms with Gasteiger partial charge in [0.1, 0.15) is 11.9 Å². The van der Waals surface area contributed by atoms with E-state index in [9.17, 15) is 4.79 Å². The first kappa shape index (κ1) is 15.8. The van der Waals surface area contributed by atoms with Crippen LogP contribution in [0.25, 0.3) is 11.3 Å². The lowest BCUT2D eigenvalue weighted by molar-refractivity contribution is -0.125. The third-order valence-corrected chi connectivity index (χ3v) is 4.80. The fourth-order valence-corrected chi connectivity index (χ4v) is 3.43. The van der Waals surface area contributed by atoms with E-state index in [4.69, 9.17) is 4.74 Å². The zero-order valence-corrected chi connectivity index (χ0v) is 14.0. The molecule has 1 aliphatic heterocycles. The van der Waals surface area contributed by atoms with E-state index < -0.39 is 0 Å². The Kier molecular flexibility index (Phi) is 4.46. The van der Waals surface area contributed by atoms with Crippen LogP contribution in [0.5, 0.6) is 5.75 Å². The number of aromatic nitrogens is 2. The second kappa shape index (κ2) is 7.05. The number of carbonyl (C=O) groups is 1. The normalized spacial score (nSPS) is 21.4. The van der Waals surface area contributed by atoms with E-state index in [1.54, 1.807) is 18.6 Å². The van der Waals surface area contributed by atoms with Crippen LogP contribution in [0.2, 0.25) is 0 Å². The topological polar surface area (TPSA) is 64.1 Å². The maximum Gasteiger partial charge on any atom is 0.223 e. The highest BCUT2D eigenvalue weighted by atomic mass is 16.5. The Labute approximate surface area is 147 Å². The van der Waals surface area contributed by atoms with Crippen LogP contribution >= 0.6 is 0 Å². The Hall–Kier alpha value is -2.69. The van der Waals surface area contributed by atoms with Gasteiger partial charge in [-0.15, -0.1) is 0 Å². The van der Waals surface area contributed by atoms with Crippen molar-refractivity contribution in [3.63, 3.8) is 0 Å². The average molecular weight is 335 g/mol. The van der Waals surface area contributed by atoms with Crippen molar-refractivity contribution in [2.24, 2.45) is 5.92 Å². The van der Waals surface area contributed by atoms with E-state index in [1.807, 2.05) is 12.1 Å². The van der Waals surface area contributed by atoms with E-state index in [-0.39, 0.29) is 17.9 Å². The molecule has 0 bridgehead atoms. The van der Waals surface area contributed by atoms with Crippen LogP contribution in [-0.4, -0.2) is 28.5 Å². The van der Waals surface area contributed by atoms with Gasteiger partial charge in [-0.1, -0.05) is 12.2 Å². The molecule has 0 spiro atoms. The predicted octanol–water partition coefficient (Wildman–Crippen LogP) is 2.92. The van der Waals surface area contributed by atoms with Gasteiger partial charge in [-0.25, -0.2) is 0 Å². The van der Waals surface area contributed by atoms with Gasteiger partial charge < -0.3 is 10.1 Å². The highest BCUT2D eigenvalue weighted by Gasteiger charge is 2.25. The third kappa shape index (κ3) is 3.55. The second-order valence-corrected chi connectivity index (χ2v) is 6.58. The molecule has 2 unspecified atom stereocenters. The van der Waals surface area contributed by atoms with Crippen LogP contribution in [0.4, 0.5) is 0 Å². The number of hydrogen-bond donors (Lipinski definition) is 1. The summed E-state index contributed by atoms with van der Waals surface area (Å²) in [7, 11) is 0. The summed E-state index contributed by atoms with van der Waals surface area (Å²) in [5.41, 5.74) is 3.05. The molecule has 2 atom stereocenters. The van der Waals surface area contributed by atoms with E-state index in [1.165, 1.54) is 0 Å². The summed E-state index contributed by atoms with van der Waals surface area (Å²) >= 11 is 0. The van der Waals surface area contributed by atoms with Crippen molar-refractivity contribution < 1.29 is 9.53 Å². The number of hydrogen-bond acceptors (Lipinski definition) is 4. The molecule has 2 heterocycles. The van der Waals surface area contributed by atoms with Gasteiger partial charge in [0.15, 0.2) is 0 Å². The molecule has 5 heteroatoms. The third-order valence-electron chi connectivity index (χ3n) is 4.80.